The lowest BCUT2D eigenvalue weighted by molar-refractivity contribution is -0.121. The van der Waals surface area contributed by atoms with E-state index in [1.54, 1.807) is 31.2 Å². The van der Waals surface area contributed by atoms with Gasteiger partial charge in [0.05, 0.1) is 17.8 Å². The molecule has 1 atom stereocenters. The predicted octanol–water partition coefficient (Wildman–Crippen LogP) is 3.70. The molecule has 4 rings (SSSR count). The van der Waals surface area contributed by atoms with Crippen molar-refractivity contribution in [3.05, 3.63) is 82.9 Å². The number of hydrogen-bond acceptors (Lipinski definition) is 7. The Balaban J connectivity index is 1.84. The van der Waals surface area contributed by atoms with Crippen LogP contribution in [0.5, 0.6) is 0 Å². The molecule has 5 N–H and O–H groups in total. The summed E-state index contributed by atoms with van der Waals surface area (Å²) in [4.78, 5) is 20.8. The van der Waals surface area contributed by atoms with Gasteiger partial charge in [-0.25, -0.2) is 0 Å². The van der Waals surface area contributed by atoms with Crippen LogP contribution in [0, 0.1) is 10.8 Å². The van der Waals surface area contributed by atoms with Crippen molar-refractivity contribution in [1.82, 2.24) is 5.32 Å². The topological polar surface area (TPSA) is 133 Å². The average molecular weight is 548 g/mol. The van der Waals surface area contributed by atoms with Crippen LogP contribution in [0.2, 0.25) is 5.02 Å². The highest BCUT2D eigenvalue weighted by atomic mass is 35.5. The van der Waals surface area contributed by atoms with Gasteiger partial charge < -0.3 is 15.4 Å². The first-order valence-corrected chi connectivity index (χ1v) is 13.2. The largest absolute Gasteiger partial charge is 0.488 e. The molecule has 0 spiro atoms. The number of anilines is 1. The fourth-order valence-electron chi connectivity index (χ4n) is 4.16. The minimum atomic E-state index is -1.53. The fraction of sp³-hybridized carbons (Fsp3) is 0.185. The van der Waals surface area contributed by atoms with Crippen molar-refractivity contribution in [2.75, 3.05) is 11.4 Å². The normalized spacial score (nSPS) is 14.9. The summed E-state index contributed by atoms with van der Waals surface area (Å²) in [6.07, 6.45) is -0.0216. The van der Waals surface area contributed by atoms with E-state index in [9.17, 15) is 14.8 Å². The van der Waals surface area contributed by atoms with Crippen LogP contribution in [0.3, 0.4) is 0 Å². The summed E-state index contributed by atoms with van der Waals surface area (Å²) in [5, 5.41) is 39.5. The maximum Gasteiger partial charge on any atom is 0.488 e. The predicted molar refractivity (Wildman–Crippen MR) is 155 cm³/mol. The molecule has 11 heteroatoms. The lowest BCUT2D eigenvalue weighted by Gasteiger charge is -2.26. The van der Waals surface area contributed by atoms with E-state index >= 15 is 0 Å². The van der Waals surface area contributed by atoms with E-state index in [2.05, 4.69) is 5.32 Å². The number of halogens is 1. The van der Waals surface area contributed by atoms with Gasteiger partial charge in [0, 0.05) is 32.5 Å². The Bertz CT molecular complexity index is 1400. The molecule has 1 amide bonds. The standard InChI is InChI=1S/C27H27BClN5O3S/c1-3-32-25(35)15-23-27(31)34(16(2)30)24-13-12-21(38-20-10-6-18(7-11-20)28(36)37)14-22(24)26(33-23)17-4-8-19(29)9-5-17/h4-14,23,30-31,36-37H,3,15H2,1-2H3,(H,32,35)/t23-/m0/s1. The van der Waals surface area contributed by atoms with E-state index in [1.165, 1.54) is 16.7 Å². The molecule has 1 heterocycles. The third kappa shape index (κ3) is 6.16. The van der Waals surface area contributed by atoms with Crippen LogP contribution in [0.4, 0.5) is 5.69 Å². The highest BCUT2D eigenvalue weighted by Crippen LogP contribution is 2.35. The third-order valence-electron chi connectivity index (χ3n) is 5.93. The molecule has 0 radical (unpaired) electrons. The number of amides is 1. The lowest BCUT2D eigenvalue weighted by Crippen LogP contribution is -2.42. The molecule has 0 aromatic heterocycles. The van der Waals surface area contributed by atoms with Crippen LogP contribution < -0.4 is 15.7 Å². The minimum absolute atomic E-state index is 0.0216. The summed E-state index contributed by atoms with van der Waals surface area (Å²) in [5.41, 5.74) is 3.12. The first kappa shape index (κ1) is 27.6. The first-order valence-electron chi connectivity index (χ1n) is 12.0. The van der Waals surface area contributed by atoms with Crippen LogP contribution >= 0.6 is 23.4 Å². The summed E-state index contributed by atoms with van der Waals surface area (Å²) >= 11 is 7.64. The molecular formula is C27H27BClN5O3S. The first-order chi connectivity index (χ1) is 18.2. The number of rotatable bonds is 7. The number of aliphatic imine (C=N–C) groups is 1. The Labute approximate surface area is 230 Å². The molecule has 0 bridgehead atoms. The van der Waals surface area contributed by atoms with Gasteiger partial charge in [0.25, 0.3) is 0 Å². The van der Waals surface area contributed by atoms with E-state index in [-0.39, 0.29) is 24.0 Å². The maximum atomic E-state index is 12.5. The van der Waals surface area contributed by atoms with Crippen molar-refractivity contribution in [3.63, 3.8) is 0 Å². The van der Waals surface area contributed by atoms with Crippen LogP contribution in [0.25, 0.3) is 0 Å². The second-order valence-corrected chi connectivity index (χ2v) is 10.3. The second-order valence-electron chi connectivity index (χ2n) is 8.69. The number of benzene rings is 3. The molecule has 1 aliphatic rings. The second kappa shape index (κ2) is 12.0. The zero-order valence-electron chi connectivity index (χ0n) is 20.9. The summed E-state index contributed by atoms with van der Waals surface area (Å²) in [5.74, 6) is -0.0292. The van der Waals surface area contributed by atoms with E-state index in [0.717, 1.165) is 20.9 Å². The minimum Gasteiger partial charge on any atom is -0.423 e. The third-order valence-corrected chi connectivity index (χ3v) is 7.17. The average Bonchev–Trinajstić information content (AvgIpc) is 2.99. The Morgan fingerprint density at radius 1 is 1.11 bits per heavy atom. The highest BCUT2D eigenvalue weighted by molar-refractivity contribution is 7.99. The smallest absolute Gasteiger partial charge is 0.423 e. The maximum absolute atomic E-state index is 12.5. The van der Waals surface area contributed by atoms with Crippen molar-refractivity contribution in [2.24, 2.45) is 4.99 Å². The molecule has 0 saturated heterocycles. The lowest BCUT2D eigenvalue weighted by atomic mass is 9.81. The number of amidine groups is 2. The van der Waals surface area contributed by atoms with Crippen LogP contribution in [-0.4, -0.2) is 53.0 Å². The van der Waals surface area contributed by atoms with E-state index in [4.69, 9.17) is 27.4 Å². The molecule has 0 fully saturated rings. The number of carbonyl (C=O) groups excluding carboxylic acids is 1. The van der Waals surface area contributed by atoms with Crippen molar-refractivity contribution < 1.29 is 14.8 Å². The molecule has 0 unspecified atom stereocenters. The summed E-state index contributed by atoms with van der Waals surface area (Å²) in [6.45, 7) is 3.91. The van der Waals surface area contributed by atoms with Gasteiger partial charge in [0.15, 0.2) is 0 Å². The van der Waals surface area contributed by atoms with Crippen LogP contribution in [-0.2, 0) is 4.79 Å². The Hall–Kier alpha value is -3.44. The molecule has 8 nitrogen and oxygen atoms in total. The molecule has 194 valence electrons. The fourth-order valence-corrected chi connectivity index (χ4v) is 5.14. The molecule has 0 saturated carbocycles. The number of carbonyl (C=O) groups is 1. The SMILES string of the molecule is CCNC(=O)C[C@@H]1N=C(c2ccc(Cl)cc2)c2cc(Sc3ccc(B(O)O)cc3)ccc2N(C(C)=N)C1=N. The van der Waals surface area contributed by atoms with Crippen molar-refractivity contribution in [2.45, 2.75) is 36.1 Å². The Morgan fingerprint density at radius 2 is 1.76 bits per heavy atom. The van der Waals surface area contributed by atoms with Gasteiger partial charge in [-0.3, -0.25) is 25.5 Å². The van der Waals surface area contributed by atoms with E-state index < -0.39 is 13.2 Å². The van der Waals surface area contributed by atoms with Gasteiger partial charge in [-0.15, -0.1) is 0 Å². The van der Waals surface area contributed by atoms with Crippen molar-refractivity contribution in [1.29, 1.82) is 10.8 Å². The quantitative estimate of drug-likeness (QED) is 0.175. The Morgan fingerprint density at radius 3 is 2.37 bits per heavy atom. The number of benzodiazepines with no additional fused rings is 1. The van der Waals surface area contributed by atoms with Gasteiger partial charge in [-0.2, -0.15) is 0 Å². The number of fused-ring (bicyclic) bond motifs is 1. The summed E-state index contributed by atoms with van der Waals surface area (Å²) in [6, 6.07) is 19.1. The number of nitrogens with zero attached hydrogens (tertiary/aromatic N) is 2. The van der Waals surface area contributed by atoms with Crippen molar-refractivity contribution in [3.8, 4) is 0 Å². The zero-order chi connectivity index (χ0) is 27.4. The summed E-state index contributed by atoms with van der Waals surface area (Å²) in [7, 11) is -1.53. The zero-order valence-corrected chi connectivity index (χ0v) is 22.5. The molecular weight excluding hydrogens is 521 g/mol. The van der Waals surface area contributed by atoms with Crippen LogP contribution in [0.15, 0.2) is 81.5 Å². The summed E-state index contributed by atoms with van der Waals surface area (Å²) < 4.78 is 0. The molecule has 3 aromatic carbocycles. The molecule has 1 aliphatic heterocycles. The number of hydrogen-bond donors (Lipinski definition) is 5. The van der Waals surface area contributed by atoms with Gasteiger partial charge >= 0.3 is 7.12 Å². The van der Waals surface area contributed by atoms with Gasteiger partial charge in [0.2, 0.25) is 5.91 Å². The van der Waals surface area contributed by atoms with Crippen LogP contribution in [0.1, 0.15) is 31.4 Å². The number of nitrogens with one attached hydrogen (secondary N) is 3. The highest BCUT2D eigenvalue weighted by Gasteiger charge is 2.32. The van der Waals surface area contributed by atoms with Gasteiger partial charge in [-0.1, -0.05) is 47.6 Å². The molecule has 38 heavy (non-hydrogen) atoms. The monoisotopic (exact) mass is 547 g/mol. The molecule has 3 aromatic rings. The Kier molecular flexibility index (Phi) is 8.68. The van der Waals surface area contributed by atoms with Gasteiger partial charge in [0.1, 0.15) is 17.7 Å². The molecule has 0 aliphatic carbocycles. The van der Waals surface area contributed by atoms with E-state index in [0.29, 0.717) is 28.4 Å². The van der Waals surface area contributed by atoms with Crippen molar-refractivity contribution >= 4 is 64.9 Å². The van der Waals surface area contributed by atoms with Gasteiger partial charge in [-0.05, 0) is 61.8 Å². The van der Waals surface area contributed by atoms with E-state index in [1.807, 2.05) is 49.4 Å².